The van der Waals surface area contributed by atoms with Gasteiger partial charge in [-0.25, -0.2) is 9.97 Å². The van der Waals surface area contributed by atoms with Crippen molar-refractivity contribution in [2.24, 2.45) is 5.73 Å². The lowest BCUT2D eigenvalue weighted by Gasteiger charge is -2.37. The summed E-state index contributed by atoms with van der Waals surface area (Å²) in [7, 11) is 0. The summed E-state index contributed by atoms with van der Waals surface area (Å²) in [5.41, 5.74) is 6.62. The predicted octanol–water partition coefficient (Wildman–Crippen LogP) is 2.08. The van der Waals surface area contributed by atoms with Crippen LogP contribution < -0.4 is 10.6 Å². The molecule has 1 fully saturated rings. The molecule has 0 amide bonds. The average Bonchev–Trinajstić information content (AvgIpc) is 2.41. The predicted molar refractivity (Wildman–Crippen MR) is 81.0 cm³/mol. The van der Waals surface area contributed by atoms with Crippen molar-refractivity contribution in [2.75, 3.05) is 18.0 Å². The van der Waals surface area contributed by atoms with Gasteiger partial charge in [0.15, 0.2) is 5.82 Å². The summed E-state index contributed by atoms with van der Waals surface area (Å²) in [5, 5.41) is 9.30. The summed E-state index contributed by atoms with van der Waals surface area (Å²) < 4.78 is 0.644. The molecule has 0 radical (unpaired) electrons. The Bertz CT molecular complexity index is 402. The Hall–Kier alpha value is -0.720. The van der Waals surface area contributed by atoms with Crippen LogP contribution in [0.15, 0.2) is 10.8 Å². The Morgan fingerprint density at radius 3 is 2.53 bits per heavy atom. The standard InChI is InChI=1S/C11H17BrN4O.C2H6/c1-11(13)2-4-16(5-3-11)10-8(7-17)15-9(12)6-14-10;1-2/h6,17H,2-5,7,13H2,1H3;1-2H3. The first-order valence-corrected chi connectivity index (χ1v) is 7.47. The van der Waals surface area contributed by atoms with E-state index in [9.17, 15) is 5.11 Å². The van der Waals surface area contributed by atoms with Crippen molar-refractivity contribution in [2.45, 2.75) is 45.8 Å². The van der Waals surface area contributed by atoms with E-state index < -0.39 is 0 Å². The molecule has 1 aliphatic rings. The number of nitrogens with zero attached hydrogens (tertiary/aromatic N) is 3. The second-order valence-electron chi connectivity index (χ2n) is 4.76. The molecule has 0 aromatic carbocycles. The second kappa shape index (κ2) is 7.17. The molecule has 0 bridgehead atoms. The normalized spacial score (nSPS) is 17.7. The van der Waals surface area contributed by atoms with Crippen LogP contribution in [-0.2, 0) is 6.61 Å². The van der Waals surface area contributed by atoms with Gasteiger partial charge < -0.3 is 15.7 Å². The fraction of sp³-hybridized carbons (Fsp3) is 0.692. The van der Waals surface area contributed by atoms with Crippen LogP contribution in [0.1, 0.15) is 39.3 Å². The average molecular weight is 331 g/mol. The Labute approximate surface area is 123 Å². The zero-order valence-electron chi connectivity index (χ0n) is 11.9. The fourth-order valence-electron chi connectivity index (χ4n) is 2.00. The first kappa shape index (κ1) is 16.3. The van der Waals surface area contributed by atoms with E-state index >= 15 is 0 Å². The van der Waals surface area contributed by atoms with Crippen molar-refractivity contribution in [3.8, 4) is 0 Å². The van der Waals surface area contributed by atoms with E-state index in [4.69, 9.17) is 5.73 Å². The monoisotopic (exact) mass is 330 g/mol. The highest BCUT2D eigenvalue weighted by atomic mass is 79.9. The molecule has 2 heterocycles. The maximum absolute atomic E-state index is 9.30. The van der Waals surface area contributed by atoms with E-state index in [1.807, 2.05) is 13.8 Å². The fourth-order valence-corrected chi connectivity index (χ4v) is 2.31. The van der Waals surface area contributed by atoms with Gasteiger partial charge in [0.05, 0.1) is 12.8 Å². The highest BCUT2D eigenvalue weighted by molar-refractivity contribution is 9.10. The molecular weight excluding hydrogens is 308 g/mol. The van der Waals surface area contributed by atoms with Crippen LogP contribution in [0, 0.1) is 0 Å². The summed E-state index contributed by atoms with van der Waals surface area (Å²) in [6, 6.07) is 0. The van der Waals surface area contributed by atoms with Crippen LogP contribution in [0.5, 0.6) is 0 Å². The van der Waals surface area contributed by atoms with E-state index in [1.54, 1.807) is 6.20 Å². The van der Waals surface area contributed by atoms with Crippen molar-refractivity contribution >= 4 is 21.7 Å². The van der Waals surface area contributed by atoms with Crippen LogP contribution in [0.4, 0.5) is 5.82 Å². The number of hydrogen-bond donors (Lipinski definition) is 2. The minimum Gasteiger partial charge on any atom is -0.390 e. The van der Waals surface area contributed by atoms with E-state index in [0.29, 0.717) is 10.3 Å². The van der Waals surface area contributed by atoms with Crippen LogP contribution in [-0.4, -0.2) is 33.7 Å². The van der Waals surface area contributed by atoms with Gasteiger partial charge in [-0.3, -0.25) is 0 Å². The Morgan fingerprint density at radius 1 is 1.42 bits per heavy atom. The number of aromatic nitrogens is 2. The van der Waals surface area contributed by atoms with Gasteiger partial charge in [0.25, 0.3) is 0 Å². The number of nitrogens with two attached hydrogens (primary N) is 1. The van der Waals surface area contributed by atoms with E-state index in [2.05, 4.69) is 37.7 Å². The quantitative estimate of drug-likeness (QED) is 0.868. The zero-order valence-corrected chi connectivity index (χ0v) is 13.4. The summed E-state index contributed by atoms with van der Waals surface area (Å²) >= 11 is 3.26. The first-order valence-electron chi connectivity index (χ1n) is 6.68. The molecule has 1 saturated heterocycles. The number of aliphatic hydroxyl groups excluding tert-OH is 1. The molecule has 108 valence electrons. The molecule has 0 aliphatic carbocycles. The van der Waals surface area contributed by atoms with Gasteiger partial charge in [-0.1, -0.05) is 13.8 Å². The van der Waals surface area contributed by atoms with Gasteiger partial charge in [0.2, 0.25) is 0 Å². The molecule has 1 aromatic rings. The molecule has 2 rings (SSSR count). The van der Waals surface area contributed by atoms with Crippen molar-refractivity contribution in [3.05, 3.63) is 16.5 Å². The molecule has 5 nitrogen and oxygen atoms in total. The number of aliphatic hydroxyl groups is 1. The van der Waals surface area contributed by atoms with Gasteiger partial charge in [-0.15, -0.1) is 0 Å². The smallest absolute Gasteiger partial charge is 0.152 e. The lowest BCUT2D eigenvalue weighted by Crippen LogP contribution is -2.48. The van der Waals surface area contributed by atoms with Gasteiger partial charge in [0.1, 0.15) is 10.3 Å². The molecule has 1 aliphatic heterocycles. The van der Waals surface area contributed by atoms with E-state index in [1.165, 1.54) is 0 Å². The van der Waals surface area contributed by atoms with Crippen molar-refractivity contribution < 1.29 is 5.11 Å². The molecule has 0 saturated carbocycles. The minimum atomic E-state index is -0.0990. The van der Waals surface area contributed by atoms with E-state index in [-0.39, 0.29) is 12.1 Å². The Balaban J connectivity index is 0.000000861. The number of hydrogen-bond acceptors (Lipinski definition) is 5. The maximum atomic E-state index is 9.30. The first-order chi connectivity index (χ1) is 9.02. The molecule has 0 atom stereocenters. The number of rotatable bonds is 2. The summed E-state index contributed by atoms with van der Waals surface area (Å²) in [5.74, 6) is 0.770. The third kappa shape index (κ3) is 4.40. The Morgan fingerprint density at radius 2 is 2.00 bits per heavy atom. The third-order valence-electron chi connectivity index (χ3n) is 3.15. The largest absolute Gasteiger partial charge is 0.390 e. The summed E-state index contributed by atoms with van der Waals surface area (Å²) in [6.07, 6.45) is 3.51. The van der Waals surface area contributed by atoms with Crippen LogP contribution >= 0.6 is 15.9 Å². The summed E-state index contributed by atoms with van der Waals surface area (Å²) in [4.78, 5) is 10.7. The van der Waals surface area contributed by atoms with Crippen molar-refractivity contribution in [1.29, 1.82) is 0 Å². The maximum Gasteiger partial charge on any atom is 0.152 e. The van der Waals surface area contributed by atoms with Crippen LogP contribution in [0.3, 0.4) is 0 Å². The number of halogens is 1. The lowest BCUT2D eigenvalue weighted by atomic mass is 9.91. The highest BCUT2D eigenvalue weighted by Gasteiger charge is 2.27. The molecular formula is C13H23BrN4O. The topological polar surface area (TPSA) is 75.3 Å². The van der Waals surface area contributed by atoms with Gasteiger partial charge >= 0.3 is 0 Å². The SMILES string of the molecule is CC.CC1(N)CCN(c2ncc(Br)nc2CO)CC1. The molecule has 3 N–H and O–H groups in total. The van der Waals surface area contributed by atoms with Gasteiger partial charge in [0, 0.05) is 18.6 Å². The number of piperidine rings is 1. The second-order valence-corrected chi connectivity index (χ2v) is 5.57. The lowest BCUT2D eigenvalue weighted by molar-refractivity contribution is 0.275. The zero-order chi connectivity index (χ0) is 14.5. The van der Waals surface area contributed by atoms with Gasteiger partial charge in [-0.05, 0) is 35.7 Å². The molecule has 19 heavy (non-hydrogen) atoms. The Kier molecular flexibility index (Phi) is 6.16. The molecule has 6 heteroatoms. The molecule has 1 aromatic heterocycles. The van der Waals surface area contributed by atoms with Crippen molar-refractivity contribution in [3.63, 3.8) is 0 Å². The highest BCUT2D eigenvalue weighted by Crippen LogP contribution is 2.25. The van der Waals surface area contributed by atoms with E-state index in [0.717, 1.165) is 31.7 Å². The third-order valence-corrected chi connectivity index (χ3v) is 3.53. The van der Waals surface area contributed by atoms with Gasteiger partial charge in [-0.2, -0.15) is 0 Å². The van der Waals surface area contributed by atoms with Crippen LogP contribution in [0.25, 0.3) is 0 Å². The van der Waals surface area contributed by atoms with Crippen molar-refractivity contribution in [1.82, 2.24) is 9.97 Å². The molecule has 0 unspecified atom stereocenters. The summed E-state index contributed by atoms with van der Waals surface area (Å²) in [6.45, 7) is 7.69. The number of anilines is 1. The molecule has 0 spiro atoms. The minimum absolute atomic E-state index is 0.0847. The van der Waals surface area contributed by atoms with Crippen LogP contribution in [0.2, 0.25) is 0 Å².